The summed E-state index contributed by atoms with van der Waals surface area (Å²) in [5.74, 6) is -1.01. The quantitative estimate of drug-likeness (QED) is 0.840. The van der Waals surface area contributed by atoms with Crippen LogP contribution in [0.1, 0.15) is 11.5 Å². The highest BCUT2D eigenvalue weighted by Gasteiger charge is 2.33. The smallest absolute Gasteiger partial charge is 0.308 e. The number of fused-ring (bicyclic) bond motifs is 1. The van der Waals surface area contributed by atoms with E-state index in [9.17, 15) is 9.90 Å². The van der Waals surface area contributed by atoms with E-state index in [1.807, 2.05) is 24.4 Å². The van der Waals surface area contributed by atoms with Crippen LogP contribution in [-0.2, 0) is 4.79 Å². The molecule has 0 spiro atoms. The van der Waals surface area contributed by atoms with E-state index in [1.54, 1.807) is 6.20 Å². The molecule has 1 aliphatic rings. The standard InChI is InChI=1S/C14H14N2O2/c17-14(18)13-8-16-7-12(13)10-2-1-9-3-4-15-6-11(9)5-10/h1-6,12-13,16H,7-8H2,(H,17,18). The molecule has 4 nitrogen and oxygen atoms in total. The number of rotatable bonds is 2. The molecule has 0 aliphatic carbocycles. The summed E-state index contributed by atoms with van der Waals surface area (Å²) in [6.45, 7) is 1.27. The van der Waals surface area contributed by atoms with E-state index in [2.05, 4.69) is 16.4 Å². The fourth-order valence-electron chi connectivity index (χ4n) is 2.62. The second-order valence-corrected chi connectivity index (χ2v) is 4.69. The van der Waals surface area contributed by atoms with E-state index in [0.717, 1.165) is 22.9 Å². The predicted molar refractivity (Wildman–Crippen MR) is 68.5 cm³/mol. The van der Waals surface area contributed by atoms with Crippen molar-refractivity contribution in [2.75, 3.05) is 13.1 Å². The fourth-order valence-corrected chi connectivity index (χ4v) is 2.62. The first-order valence-corrected chi connectivity index (χ1v) is 6.03. The number of benzene rings is 1. The van der Waals surface area contributed by atoms with Crippen LogP contribution >= 0.6 is 0 Å². The van der Waals surface area contributed by atoms with Gasteiger partial charge in [-0.3, -0.25) is 9.78 Å². The maximum absolute atomic E-state index is 11.2. The Balaban J connectivity index is 2.01. The molecule has 0 radical (unpaired) electrons. The molecule has 2 aromatic rings. The zero-order valence-corrected chi connectivity index (χ0v) is 9.84. The molecule has 2 N–H and O–H groups in total. The molecule has 3 rings (SSSR count). The normalized spacial score (nSPS) is 23.3. The van der Waals surface area contributed by atoms with Gasteiger partial charge < -0.3 is 10.4 Å². The van der Waals surface area contributed by atoms with Crippen molar-refractivity contribution in [1.29, 1.82) is 0 Å². The Hall–Kier alpha value is -1.94. The predicted octanol–water partition coefficient (Wildman–Crippen LogP) is 1.62. The third-order valence-electron chi connectivity index (χ3n) is 3.62. The van der Waals surface area contributed by atoms with Gasteiger partial charge in [0.25, 0.3) is 0 Å². The second-order valence-electron chi connectivity index (χ2n) is 4.69. The molecule has 18 heavy (non-hydrogen) atoms. The number of carbonyl (C=O) groups is 1. The summed E-state index contributed by atoms with van der Waals surface area (Å²) in [4.78, 5) is 15.3. The molecule has 1 aliphatic heterocycles. The van der Waals surface area contributed by atoms with Crippen molar-refractivity contribution in [1.82, 2.24) is 10.3 Å². The van der Waals surface area contributed by atoms with Gasteiger partial charge >= 0.3 is 5.97 Å². The van der Waals surface area contributed by atoms with Gasteiger partial charge in [-0.05, 0) is 23.1 Å². The van der Waals surface area contributed by atoms with Crippen molar-refractivity contribution in [2.45, 2.75) is 5.92 Å². The van der Waals surface area contributed by atoms with Crippen LogP contribution in [0.3, 0.4) is 0 Å². The molecule has 2 heterocycles. The summed E-state index contributed by atoms with van der Waals surface area (Å²) in [6.07, 6.45) is 3.58. The molecule has 2 atom stereocenters. The third kappa shape index (κ3) is 1.84. The van der Waals surface area contributed by atoms with Gasteiger partial charge in [-0.25, -0.2) is 0 Å². The highest BCUT2D eigenvalue weighted by atomic mass is 16.4. The van der Waals surface area contributed by atoms with E-state index >= 15 is 0 Å². The highest BCUT2D eigenvalue weighted by molar-refractivity contribution is 5.82. The summed E-state index contributed by atoms with van der Waals surface area (Å²) in [5.41, 5.74) is 1.08. The largest absolute Gasteiger partial charge is 0.481 e. The number of carboxylic acids is 1. The van der Waals surface area contributed by atoms with Crippen molar-refractivity contribution in [3.63, 3.8) is 0 Å². The maximum Gasteiger partial charge on any atom is 0.308 e. The molecule has 0 amide bonds. The Bertz CT molecular complexity index is 597. The lowest BCUT2D eigenvalue weighted by atomic mass is 9.88. The van der Waals surface area contributed by atoms with Crippen LogP contribution in [0.2, 0.25) is 0 Å². The van der Waals surface area contributed by atoms with Gasteiger partial charge in [0.2, 0.25) is 0 Å². The van der Waals surface area contributed by atoms with Gasteiger partial charge in [0.1, 0.15) is 0 Å². The summed E-state index contributed by atoms with van der Waals surface area (Å²) < 4.78 is 0. The van der Waals surface area contributed by atoms with E-state index < -0.39 is 5.97 Å². The lowest BCUT2D eigenvalue weighted by molar-refractivity contribution is -0.141. The SMILES string of the molecule is O=C(O)C1CNCC1c1ccc2ccncc2c1. The monoisotopic (exact) mass is 242 g/mol. The van der Waals surface area contributed by atoms with E-state index in [4.69, 9.17) is 0 Å². The topological polar surface area (TPSA) is 62.2 Å². The van der Waals surface area contributed by atoms with Crippen molar-refractivity contribution < 1.29 is 9.90 Å². The van der Waals surface area contributed by atoms with Crippen LogP contribution in [0, 0.1) is 5.92 Å². The Morgan fingerprint density at radius 3 is 3.00 bits per heavy atom. The van der Waals surface area contributed by atoms with Gasteiger partial charge in [-0.2, -0.15) is 0 Å². The van der Waals surface area contributed by atoms with Gasteiger partial charge in [-0.15, -0.1) is 0 Å². The van der Waals surface area contributed by atoms with Crippen LogP contribution in [0.5, 0.6) is 0 Å². The van der Waals surface area contributed by atoms with Gasteiger partial charge in [0, 0.05) is 36.8 Å². The zero-order valence-electron chi connectivity index (χ0n) is 9.84. The Morgan fingerprint density at radius 2 is 2.17 bits per heavy atom. The van der Waals surface area contributed by atoms with E-state index in [0.29, 0.717) is 6.54 Å². The molecule has 0 saturated carbocycles. The number of nitrogens with zero attached hydrogens (tertiary/aromatic N) is 1. The number of aliphatic carboxylic acids is 1. The minimum Gasteiger partial charge on any atom is -0.481 e. The van der Waals surface area contributed by atoms with Crippen molar-refractivity contribution in [3.8, 4) is 0 Å². The molecule has 1 aromatic carbocycles. The van der Waals surface area contributed by atoms with Gasteiger partial charge in [0.15, 0.2) is 0 Å². The average Bonchev–Trinajstić information content (AvgIpc) is 2.87. The molecule has 1 saturated heterocycles. The first-order valence-electron chi connectivity index (χ1n) is 6.03. The van der Waals surface area contributed by atoms with Crippen molar-refractivity contribution in [3.05, 3.63) is 42.2 Å². The lowest BCUT2D eigenvalue weighted by Crippen LogP contribution is -2.20. The number of aromatic nitrogens is 1. The van der Waals surface area contributed by atoms with Gasteiger partial charge in [-0.1, -0.05) is 12.1 Å². The molecule has 1 aromatic heterocycles. The van der Waals surface area contributed by atoms with Crippen LogP contribution in [0.25, 0.3) is 10.8 Å². The van der Waals surface area contributed by atoms with Crippen molar-refractivity contribution >= 4 is 16.7 Å². The molecule has 1 fully saturated rings. The molecular weight excluding hydrogens is 228 g/mol. The minimum absolute atomic E-state index is 0.0482. The summed E-state index contributed by atoms with van der Waals surface area (Å²) in [7, 11) is 0. The molecule has 92 valence electrons. The van der Waals surface area contributed by atoms with Crippen LogP contribution < -0.4 is 5.32 Å². The lowest BCUT2D eigenvalue weighted by Gasteiger charge is -2.15. The Kier molecular flexibility index (Phi) is 2.72. The van der Waals surface area contributed by atoms with E-state index in [1.165, 1.54) is 0 Å². The first kappa shape index (κ1) is 11.2. The van der Waals surface area contributed by atoms with Crippen molar-refractivity contribution in [2.24, 2.45) is 5.92 Å². The summed E-state index contributed by atoms with van der Waals surface area (Å²) in [5, 5.41) is 14.6. The van der Waals surface area contributed by atoms with Crippen LogP contribution in [0.15, 0.2) is 36.7 Å². The molecule has 2 unspecified atom stereocenters. The Morgan fingerprint density at radius 1 is 1.28 bits per heavy atom. The van der Waals surface area contributed by atoms with Crippen LogP contribution in [0.4, 0.5) is 0 Å². The summed E-state index contributed by atoms with van der Waals surface area (Å²) >= 11 is 0. The number of nitrogens with one attached hydrogen (secondary N) is 1. The average molecular weight is 242 g/mol. The number of hydrogen-bond acceptors (Lipinski definition) is 3. The zero-order chi connectivity index (χ0) is 12.5. The fraction of sp³-hybridized carbons (Fsp3) is 0.286. The minimum atomic E-state index is -0.726. The number of hydrogen-bond donors (Lipinski definition) is 2. The van der Waals surface area contributed by atoms with E-state index in [-0.39, 0.29) is 11.8 Å². The Labute approximate surface area is 105 Å². The highest BCUT2D eigenvalue weighted by Crippen LogP contribution is 2.30. The van der Waals surface area contributed by atoms with Gasteiger partial charge in [0.05, 0.1) is 5.92 Å². The first-order chi connectivity index (χ1) is 8.75. The summed E-state index contributed by atoms with van der Waals surface area (Å²) in [6, 6.07) is 8.07. The second kappa shape index (κ2) is 4.38. The third-order valence-corrected chi connectivity index (χ3v) is 3.62. The molecule has 0 bridgehead atoms. The van der Waals surface area contributed by atoms with Crippen LogP contribution in [-0.4, -0.2) is 29.1 Å². The number of carboxylic acid groups (broad SMARTS) is 1. The number of pyridine rings is 1. The maximum atomic E-state index is 11.2. The molecular formula is C14H14N2O2. The molecule has 4 heteroatoms.